The largest absolute Gasteiger partial charge is 0.496 e. The molecule has 100 valence electrons. The molecule has 0 spiro atoms. The van der Waals surface area contributed by atoms with Crippen molar-refractivity contribution in [3.8, 4) is 5.75 Å². The van der Waals surface area contributed by atoms with Crippen molar-refractivity contribution in [1.29, 1.82) is 0 Å². The van der Waals surface area contributed by atoms with Gasteiger partial charge in [-0.15, -0.1) is 0 Å². The Hall–Kier alpha value is -0.550. The van der Waals surface area contributed by atoms with Gasteiger partial charge in [-0.25, -0.2) is 0 Å². The lowest BCUT2D eigenvalue weighted by molar-refractivity contribution is 0.220. The first-order chi connectivity index (χ1) is 9.02. The van der Waals surface area contributed by atoms with Gasteiger partial charge in [0.1, 0.15) is 11.9 Å². The van der Waals surface area contributed by atoms with Crippen LogP contribution in [0.3, 0.4) is 0 Å². The fourth-order valence-electron chi connectivity index (χ4n) is 1.76. The van der Waals surface area contributed by atoms with Crippen molar-refractivity contribution in [2.45, 2.75) is 6.10 Å². The first-order valence-corrected chi connectivity index (χ1v) is 7.45. The van der Waals surface area contributed by atoms with Gasteiger partial charge in [-0.3, -0.25) is 0 Å². The molecule has 0 saturated carbocycles. The van der Waals surface area contributed by atoms with E-state index in [1.54, 1.807) is 19.2 Å². The van der Waals surface area contributed by atoms with E-state index in [4.69, 9.17) is 16.3 Å². The molecule has 2 nitrogen and oxygen atoms in total. The van der Waals surface area contributed by atoms with Crippen LogP contribution in [0.25, 0.3) is 0 Å². The van der Waals surface area contributed by atoms with Crippen LogP contribution in [-0.2, 0) is 0 Å². The Morgan fingerprint density at radius 3 is 2.53 bits per heavy atom. The van der Waals surface area contributed by atoms with Crippen LogP contribution in [0.4, 0.5) is 0 Å². The third kappa shape index (κ3) is 3.31. The Kier molecular flexibility index (Phi) is 4.90. The summed E-state index contributed by atoms with van der Waals surface area (Å²) in [6.07, 6.45) is -0.785. The summed E-state index contributed by atoms with van der Waals surface area (Å²) < 4.78 is 6.83. The van der Waals surface area contributed by atoms with Crippen molar-refractivity contribution < 1.29 is 9.84 Å². The van der Waals surface area contributed by atoms with Crippen LogP contribution in [0, 0.1) is 0 Å². The standard InChI is InChI=1S/C14H11Br2ClO2/c1-19-13-5-2-8(6-11(13)16)14(18)10-7-9(15)3-4-12(10)17/h2-7,14,18H,1H3. The highest BCUT2D eigenvalue weighted by Crippen LogP contribution is 2.34. The predicted molar refractivity (Wildman–Crippen MR) is 83.9 cm³/mol. The topological polar surface area (TPSA) is 29.5 Å². The van der Waals surface area contributed by atoms with Gasteiger partial charge < -0.3 is 9.84 Å². The number of hydrogen-bond acceptors (Lipinski definition) is 2. The summed E-state index contributed by atoms with van der Waals surface area (Å²) in [5.74, 6) is 0.719. The number of hydrogen-bond donors (Lipinski definition) is 1. The predicted octanol–water partition coefficient (Wildman–Crippen LogP) is 4.96. The molecule has 0 aliphatic carbocycles. The maximum absolute atomic E-state index is 10.4. The maximum atomic E-state index is 10.4. The van der Waals surface area contributed by atoms with Crippen molar-refractivity contribution in [3.05, 3.63) is 61.5 Å². The molecule has 0 aliphatic rings. The van der Waals surface area contributed by atoms with E-state index < -0.39 is 6.10 Å². The molecule has 0 radical (unpaired) electrons. The number of aliphatic hydroxyl groups excluding tert-OH is 1. The molecule has 1 N–H and O–H groups in total. The molecular formula is C14H11Br2ClO2. The van der Waals surface area contributed by atoms with Crippen LogP contribution >= 0.6 is 43.5 Å². The van der Waals surface area contributed by atoms with Gasteiger partial charge in [-0.2, -0.15) is 0 Å². The fraction of sp³-hybridized carbons (Fsp3) is 0.143. The van der Waals surface area contributed by atoms with Gasteiger partial charge >= 0.3 is 0 Å². The van der Waals surface area contributed by atoms with Crippen molar-refractivity contribution in [2.75, 3.05) is 7.11 Å². The molecule has 0 fully saturated rings. The summed E-state index contributed by atoms with van der Waals surface area (Å²) in [5, 5.41) is 10.9. The Morgan fingerprint density at radius 2 is 1.89 bits per heavy atom. The van der Waals surface area contributed by atoms with E-state index in [1.807, 2.05) is 24.3 Å². The zero-order chi connectivity index (χ0) is 14.0. The first-order valence-electron chi connectivity index (χ1n) is 5.49. The molecule has 0 aromatic heterocycles. The molecule has 5 heteroatoms. The minimum Gasteiger partial charge on any atom is -0.496 e. The number of halogens is 3. The zero-order valence-corrected chi connectivity index (χ0v) is 14.0. The molecule has 2 rings (SSSR count). The van der Waals surface area contributed by atoms with Gasteiger partial charge in [0.15, 0.2) is 0 Å². The molecule has 2 aromatic rings. The normalized spacial score (nSPS) is 12.3. The quantitative estimate of drug-likeness (QED) is 0.781. The molecule has 0 bridgehead atoms. The highest BCUT2D eigenvalue weighted by atomic mass is 79.9. The van der Waals surface area contributed by atoms with Crippen LogP contribution in [0.2, 0.25) is 5.02 Å². The average Bonchev–Trinajstić information content (AvgIpc) is 2.40. The van der Waals surface area contributed by atoms with Gasteiger partial charge in [-0.1, -0.05) is 33.6 Å². The fourth-order valence-corrected chi connectivity index (χ4v) is 2.91. The lowest BCUT2D eigenvalue weighted by atomic mass is 10.0. The van der Waals surface area contributed by atoms with Gasteiger partial charge in [0.25, 0.3) is 0 Å². The second kappa shape index (κ2) is 6.27. The zero-order valence-electron chi connectivity index (χ0n) is 10.0. The number of methoxy groups -OCH3 is 1. The van der Waals surface area contributed by atoms with Crippen LogP contribution in [0.15, 0.2) is 45.3 Å². The third-order valence-electron chi connectivity index (χ3n) is 2.74. The number of benzene rings is 2. The molecule has 0 aliphatic heterocycles. The lowest BCUT2D eigenvalue weighted by Gasteiger charge is -2.15. The van der Waals surface area contributed by atoms with E-state index in [9.17, 15) is 5.11 Å². The average molecular weight is 407 g/mol. The molecule has 1 unspecified atom stereocenters. The van der Waals surface area contributed by atoms with Gasteiger partial charge in [0.2, 0.25) is 0 Å². The van der Waals surface area contributed by atoms with E-state index in [0.29, 0.717) is 10.6 Å². The minimum atomic E-state index is -0.785. The van der Waals surface area contributed by atoms with E-state index in [-0.39, 0.29) is 0 Å². The van der Waals surface area contributed by atoms with E-state index in [0.717, 1.165) is 20.3 Å². The monoisotopic (exact) mass is 404 g/mol. The number of rotatable bonds is 3. The van der Waals surface area contributed by atoms with Gasteiger partial charge in [0, 0.05) is 15.1 Å². The summed E-state index contributed by atoms with van der Waals surface area (Å²) in [6.45, 7) is 0. The first kappa shape index (κ1) is 14.9. The SMILES string of the molecule is COc1ccc(C(O)c2cc(Br)ccc2Cl)cc1Br. The molecule has 1 atom stereocenters. The number of ether oxygens (including phenoxy) is 1. The lowest BCUT2D eigenvalue weighted by Crippen LogP contribution is -2.01. The van der Waals surface area contributed by atoms with E-state index in [1.165, 1.54) is 0 Å². The summed E-state index contributed by atoms with van der Waals surface area (Å²) in [7, 11) is 1.60. The number of aliphatic hydroxyl groups is 1. The molecule has 19 heavy (non-hydrogen) atoms. The molecule has 0 saturated heterocycles. The maximum Gasteiger partial charge on any atom is 0.133 e. The molecular weight excluding hydrogens is 395 g/mol. The van der Waals surface area contributed by atoms with Crippen LogP contribution < -0.4 is 4.74 Å². The highest BCUT2D eigenvalue weighted by molar-refractivity contribution is 9.10. The van der Waals surface area contributed by atoms with E-state index in [2.05, 4.69) is 31.9 Å². The van der Waals surface area contributed by atoms with Gasteiger partial charge in [-0.05, 0) is 51.8 Å². The summed E-state index contributed by atoms with van der Waals surface area (Å²) in [6, 6.07) is 10.8. The van der Waals surface area contributed by atoms with Crippen molar-refractivity contribution in [3.63, 3.8) is 0 Å². The second-order valence-electron chi connectivity index (χ2n) is 3.96. The van der Waals surface area contributed by atoms with Gasteiger partial charge in [0.05, 0.1) is 11.6 Å². The van der Waals surface area contributed by atoms with Crippen molar-refractivity contribution in [2.24, 2.45) is 0 Å². The van der Waals surface area contributed by atoms with Crippen molar-refractivity contribution >= 4 is 43.5 Å². The summed E-state index contributed by atoms with van der Waals surface area (Å²) in [5.41, 5.74) is 1.40. The second-order valence-corrected chi connectivity index (χ2v) is 6.14. The summed E-state index contributed by atoms with van der Waals surface area (Å²) in [4.78, 5) is 0. The van der Waals surface area contributed by atoms with E-state index >= 15 is 0 Å². The molecule has 0 heterocycles. The van der Waals surface area contributed by atoms with Crippen LogP contribution in [-0.4, -0.2) is 12.2 Å². The Balaban J connectivity index is 2.41. The summed E-state index contributed by atoms with van der Waals surface area (Å²) >= 11 is 12.9. The molecule has 2 aromatic carbocycles. The van der Waals surface area contributed by atoms with Crippen molar-refractivity contribution in [1.82, 2.24) is 0 Å². The van der Waals surface area contributed by atoms with Crippen LogP contribution in [0.5, 0.6) is 5.75 Å². The van der Waals surface area contributed by atoms with Crippen LogP contribution in [0.1, 0.15) is 17.2 Å². The molecule has 0 amide bonds. The Bertz CT molecular complexity index is 602. The highest BCUT2D eigenvalue weighted by Gasteiger charge is 2.15. The minimum absolute atomic E-state index is 0.530. The Labute approximate surface area is 133 Å². The third-order valence-corrected chi connectivity index (χ3v) is 4.20. The smallest absolute Gasteiger partial charge is 0.133 e. The Morgan fingerprint density at radius 1 is 1.16 bits per heavy atom.